The lowest BCUT2D eigenvalue weighted by atomic mass is 10.1. The minimum atomic E-state index is -0.0818. The summed E-state index contributed by atoms with van der Waals surface area (Å²) in [5.41, 5.74) is 4.65. The summed E-state index contributed by atoms with van der Waals surface area (Å²) < 4.78 is 7.32. The van der Waals surface area contributed by atoms with Gasteiger partial charge < -0.3 is 10.1 Å². The van der Waals surface area contributed by atoms with Gasteiger partial charge in [0.15, 0.2) is 5.13 Å². The van der Waals surface area contributed by atoms with Crippen molar-refractivity contribution in [2.24, 2.45) is 0 Å². The molecule has 3 aromatic heterocycles. The molecule has 3 heterocycles. The predicted molar refractivity (Wildman–Crippen MR) is 121 cm³/mol. The molecule has 0 fully saturated rings. The number of aromatic nitrogens is 5. The SMILES string of the molecule is CCCOc1ccc(-c2csc(NC(=O)CCc3c(C)nc4ncnn4c3C)n2)cc1. The fourth-order valence-corrected chi connectivity index (χ4v) is 4.08. The number of carbonyl (C=O) groups is 1. The van der Waals surface area contributed by atoms with Crippen molar-refractivity contribution < 1.29 is 9.53 Å². The van der Waals surface area contributed by atoms with Gasteiger partial charge in [0.1, 0.15) is 12.1 Å². The molecule has 160 valence electrons. The number of fused-ring (bicyclic) bond motifs is 1. The standard InChI is InChI=1S/C22H24N6O2S/c1-4-11-30-17-7-5-16(6-8-17)19-12-31-22(26-19)27-20(29)10-9-18-14(2)25-21-23-13-24-28(21)15(18)3/h5-8,12-13H,4,9-11H2,1-3H3,(H,26,27,29). The van der Waals surface area contributed by atoms with Crippen LogP contribution in [0.5, 0.6) is 5.75 Å². The molecule has 4 aromatic rings. The van der Waals surface area contributed by atoms with Crippen molar-refractivity contribution in [1.29, 1.82) is 0 Å². The molecule has 0 unspecified atom stereocenters. The lowest BCUT2D eigenvalue weighted by Crippen LogP contribution is -2.14. The van der Waals surface area contributed by atoms with Gasteiger partial charge >= 0.3 is 0 Å². The quantitative estimate of drug-likeness (QED) is 0.444. The number of benzene rings is 1. The normalized spacial score (nSPS) is 11.1. The molecule has 0 atom stereocenters. The Bertz CT molecular complexity index is 1200. The van der Waals surface area contributed by atoms with Gasteiger partial charge in [-0.1, -0.05) is 6.92 Å². The molecule has 1 amide bonds. The fraction of sp³-hybridized carbons (Fsp3) is 0.318. The molecule has 0 aliphatic rings. The number of anilines is 1. The van der Waals surface area contributed by atoms with Gasteiger partial charge in [-0.3, -0.25) is 4.79 Å². The number of aryl methyl sites for hydroxylation is 2. The number of carbonyl (C=O) groups excluding carboxylic acids is 1. The van der Waals surface area contributed by atoms with Crippen LogP contribution < -0.4 is 10.1 Å². The van der Waals surface area contributed by atoms with Crippen molar-refractivity contribution >= 4 is 28.2 Å². The van der Waals surface area contributed by atoms with Gasteiger partial charge in [0.2, 0.25) is 5.91 Å². The first-order chi connectivity index (χ1) is 15.0. The molecule has 1 N–H and O–H groups in total. The van der Waals surface area contributed by atoms with Crippen LogP contribution >= 0.6 is 11.3 Å². The average molecular weight is 437 g/mol. The van der Waals surface area contributed by atoms with E-state index < -0.39 is 0 Å². The maximum absolute atomic E-state index is 12.5. The monoisotopic (exact) mass is 436 g/mol. The molecule has 0 radical (unpaired) electrons. The van der Waals surface area contributed by atoms with Crippen LogP contribution in [0.25, 0.3) is 17.0 Å². The van der Waals surface area contributed by atoms with E-state index in [0.717, 1.165) is 40.4 Å². The van der Waals surface area contributed by atoms with Crippen LogP contribution in [0.4, 0.5) is 5.13 Å². The van der Waals surface area contributed by atoms with Crippen LogP contribution in [-0.4, -0.2) is 37.1 Å². The fourth-order valence-electron chi connectivity index (χ4n) is 3.34. The van der Waals surface area contributed by atoms with Gasteiger partial charge in [-0.15, -0.1) is 11.3 Å². The molecular weight excluding hydrogens is 412 g/mol. The third-order valence-corrected chi connectivity index (χ3v) is 5.72. The van der Waals surface area contributed by atoms with E-state index in [9.17, 15) is 4.79 Å². The van der Waals surface area contributed by atoms with Gasteiger partial charge in [0, 0.05) is 28.8 Å². The lowest BCUT2D eigenvalue weighted by molar-refractivity contribution is -0.116. The van der Waals surface area contributed by atoms with Crippen LogP contribution in [0, 0.1) is 13.8 Å². The highest BCUT2D eigenvalue weighted by atomic mass is 32.1. The highest BCUT2D eigenvalue weighted by Gasteiger charge is 2.14. The van der Waals surface area contributed by atoms with Crippen LogP contribution in [0.3, 0.4) is 0 Å². The summed E-state index contributed by atoms with van der Waals surface area (Å²) >= 11 is 1.41. The molecule has 0 aliphatic carbocycles. The van der Waals surface area contributed by atoms with Gasteiger partial charge in [0.05, 0.1) is 12.3 Å². The van der Waals surface area contributed by atoms with E-state index >= 15 is 0 Å². The minimum Gasteiger partial charge on any atom is -0.494 e. The van der Waals surface area contributed by atoms with Crippen molar-refractivity contribution in [2.45, 2.75) is 40.0 Å². The van der Waals surface area contributed by atoms with E-state index in [0.29, 0.717) is 30.4 Å². The summed E-state index contributed by atoms with van der Waals surface area (Å²) in [5, 5.41) is 9.62. The van der Waals surface area contributed by atoms with Crippen LogP contribution in [0.15, 0.2) is 36.0 Å². The van der Waals surface area contributed by atoms with E-state index in [1.807, 2.05) is 43.5 Å². The second-order valence-electron chi connectivity index (χ2n) is 7.19. The molecule has 8 nitrogen and oxygen atoms in total. The Hall–Kier alpha value is -3.33. The molecule has 0 aliphatic heterocycles. The van der Waals surface area contributed by atoms with Gasteiger partial charge in [0.25, 0.3) is 5.78 Å². The number of ether oxygens (including phenoxy) is 1. The first-order valence-corrected chi connectivity index (χ1v) is 11.1. The van der Waals surface area contributed by atoms with Gasteiger partial charge in [-0.05, 0) is 56.5 Å². The molecule has 9 heteroatoms. The second-order valence-corrected chi connectivity index (χ2v) is 8.05. The number of thiazole rings is 1. The van der Waals surface area contributed by atoms with E-state index in [1.54, 1.807) is 4.52 Å². The molecule has 0 saturated heterocycles. The topological polar surface area (TPSA) is 94.3 Å². The first-order valence-electron chi connectivity index (χ1n) is 10.2. The third-order valence-electron chi connectivity index (χ3n) is 4.96. The Labute approximate surface area is 184 Å². The summed E-state index contributed by atoms with van der Waals surface area (Å²) in [6.45, 7) is 6.68. The number of nitrogens with one attached hydrogen (secondary N) is 1. The van der Waals surface area contributed by atoms with Crippen molar-refractivity contribution in [2.75, 3.05) is 11.9 Å². The van der Waals surface area contributed by atoms with E-state index in [-0.39, 0.29) is 5.91 Å². The van der Waals surface area contributed by atoms with Crippen LogP contribution in [0.1, 0.15) is 36.7 Å². The predicted octanol–water partition coefficient (Wildman–Crippen LogP) is 4.22. The number of amides is 1. The largest absolute Gasteiger partial charge is 0.494 e. The Morgan fingerprint density at radius 3 is 2.77 bits per heavy atom. The number of nitrogens with zero attached hydrogens (tertiary/aromatic N) is 5. The minimum absolute atomic E-state index is 0.0818. The van der Waals surface area contributed by atoms with Gasteiger partial charge in [-0.25, -0.2) is 14.5 Å². The Morgan fingerprint density at radius 2 is 2.00 bits per heavy atom. The summed E-state index contributed by atoms with van der Waals surface area (Å²) in [6, 6.07) is 7.83. The number of hydrogen-bond donors (Lipinski definition) is 1. The zero-order valence-electron chi connectivity index (χ0n) is 17.8. The van der Waals surface area contributed by atoms with Gasteiger partial charge in [-0.2, -0.15) is 10.1 Å². The summed E-state index contributed by atoms with van der Waals surface area (Å²) in [5.74, 6) is 1.34. The van der Waals surface area contributed by atoms with Crippen LogP contribution in [0.2, 0.25) is 0 Å². The molecule has 0 spiro atoms. The number of hydrogen-bond acceptors (Lipinski definition) is 7. The summed E-state index contributed by atoms with van der Waals surface area (Å²) in [4.78, 5) is 25.6. The zero-order chi connectivity index (χ0) is 21.8. The summed E-state index contributed by atoms with van der Waals surface area (Å²) in [7, 11) is 0. The van der Waals surface area contributed by atoms with Crippen LogP contribution in [-0.2, 0) is 11.2 Å². The molecule has 31 heavy (non-hydrogen) atoms. The highest BCUT2D eigenvalue weighted by molar-refractivity contribution is 7.14. The maximum Gasteiger partial charge on any atom is 0.252 e. The molecule has 0 saturated carbocycles. The highest BCUT2D eigenvalue weighted by Crippen LogP contribution is 2.27. The Morgan fingerprint density at radius 1 is 1.19 bits per heavy atom. The molecule has 1 aromatic carbocycles. The van der Waals surface area contributed by atoms with E-state index in [2.05, 4.69) is 32.3 Å². The first kappa shape index (κ1) is 20.9. The number of rotatable bonds is 8. The zero-order valence-corrected chi connectivity index (χ0v) is 18.6. The average Bonchev–Trinajstić information content (AvgIpc) is 3.42. The Balaban J connectivity index is 1.37. The smallest absolute Gasteiger partial charge is 0.252 e. The maximum atomic E-state index is 12.5. The summed E-state index contributed by atoms with van der Waals surface area (Å²) in [6.07, 6.45) is 3.37. The molecule has 4 rings (SSSR count). The van der Waals surface area contributed by atoms with Crippen molar-refractivity contribution in [1.82, 2.24) is 24.6 Å². The van der Waals surface area contributed by atoms with Crippen molar-refractivity contribution in [3.8, 4) is 17.0 Å². The molecule has 0 bridgehead atoms. The third kappa shape index (κ3) is 4.72. The molecular formula is C22H24N6O2S. The van der Waals surface area contributed by atoms with Crippen molar-refractivity contribution in [3.63, 3.8) is 0 Å². The van der Waals surface area contributed by atoms with E-state index in [1.165, 1.54) is 17.7 Å². The van der Waals surface area contributed by atoms with E-state index in [4.69, 9.17) is 4.74 Å². The Kier molecular flexibility index (Phi) is 6.22. The second kappa shape index (κ2) is 9.22. The van der Waals surface area contributed by atoms with Crippen molar-refractivity contribution in [3.05, 3.63) is 52.9 Å². The lowest BCUT2D eigenvalue weighted by Gasteiger charge is -2.10.